The Balaban J connectivity index is 2.07. The maximum Gasteiger partial charge on any atom is 0.203 e. The number of imidazole rings is 1. The number of aromatic nitrogens is 2. The number of H-pyrrole nitrogens is 1. The van der Waals surface area contributed by atoms with Crippen molar-refractivity contribution < 1.29 is 9.13 Å². The lowest BCUT2D eigenvalue weighted by Gasteiger charge is -2.19. The Morgan fingerprint density at radius 3 is 3.00 bits per heavy atom. The predicted octanol–water partition coefficient (Wildman–Crippen LogP) is 2.94. The van der Waals surface area contributed by atoms with Gasteiger partial charge in [0.15, 0.2) is 0 Å². The second-order valence-electron chi connectivity index (χ2n) is 4.10. The predicted molar refractivity (Wildman–Crippen MR) is 78.6 cm³/mol. The standard InChI is InChI=1S/C13H17BrFN3O/c1-2-18(6-8-19-7-5-14)13-16-11-4-3-10(15)9-12(11)17-13/h3-4,9H,2,5-8H2,1H3,(H,16,17). The summed E-state index contributed by atoms with van der Waals surface area (Å²) in [5, 5.41) is 0.836. The Labute approximate surface area is 120 Å². The second kappa shape index (κ2) is 6.86. The van der Waals surface area contributed by atoms with Crippen LogP contribution in [0, 0.1) is 5.82 Å². The first-order valence-corrected chi connectivity index (χ1v) is 7.40. The highest BCUT2D eigenvalue weighted by atomic mass is 79.9. The van der Waals surface area contributed by atoms with Crippen LogP contribution >= 0.6 is 15.9 Å². The number of nitrogens with one attached hydrogen (secondary N) is 1. The SMILES string of the molecule is CCN(CCOCCBr)c1nc2ccc(F)cc2[nH]1. The molecule has 2 aromatic rings. The molecule has 2 rings (SSSR count). The number of hydrogen-bond donors (Lipinski definition) is 1. The minimum atomic E-state index is -0.258. The fourth-order valence-electron chi connectivity index (χ4n) is 1.86. The van der Waals surface area contributed by atoms with Gasteiger partial charge in [-0.15, -0.1) is 0 Å². The van der Waals surface area contributed by atoms with Crippen LogP contribution in [-0.2, 0) is 4.74 Å². The first kappa shape index (κ1) is 14.3. The van der Waals surface area contributed by atoms with Crippen molar-refractivity contribution in [3.05, 3.63) is 24.0 Å². The number of hydrogen-bond acceptors (Lipinski definition) is 3. The van der Waals surface area contributed by atoms with Crippen LogP contribution in [0.1, 0.15) is 6.92 Å². The number of halogens is 2. The van der Waals surface area contributed by atoms with Gasteiger partial charge in [0.25, 0.3) is 0 Å². The average molecular weight is 330 g/mol. The number of benzene rings is 1. The summed E-state index contributed by atoms with van der Waals surface area (Å²) in [7, 11) is 0. The van der Waals surface area contributed by atoms with E-state index in [0.29, 0.717) is 13.2 Å². The van der Waals surface area contributed by atoms with Gasteiger partial charge in [0, 0.05) is 18.4 Å². The molecular weight excluding hydrogens is 313 g/mol. The van der Waals surface area contributed by atoms with Crippen molar-refractivity contribution >= 4 is 32.9 Å². The molecular formula is C13H17BrFN3O. The number of anilines is 1. The fraction of sp³-hybridized carbons (Fsp3) is 0.462. The topological polar surface area (TPSA) is 41.1 Å². The molecule has 0 unspecified atom stereocenters. The molecule has 6 heteroatoms. The van der Waals surface area contributed by atoms with E-state index in [-0.39, 0.29) is 5.82 Å². The van der Waals surface area contributed by atoms with E-state index in [1.54, 1.807) is 6.07 Å². The van der Waals surface area contributed by atoms with Crippen LogP contribution in [0.2, 0.25) is 0 Å². The molecule has 104 valence electrons. The number of ether oxygens (including phenoxy) is 1. The molecule has 0 radical (unpaired) electrons. The van der Waals surface area contributed by atoms with E-state index < -0.39 is 0 Å². The van der Waals surface area contributed by atoms with Gasteiger partial charge in [0.2, 0.25) is 5.95 Å². The lowest BCUT2D eigenvalue weighted by Crippen LogP contribution is -2.28. The van der Waals surface area contributed by atoms with Crippen molar-refractivity contribution in [1.82, 2.24) is 9.97 Å². The van der Waals surface area contributed by atoms with Gasteiger partial charge in [-0.2, -0.15) is 0 Å². The molecule has 1 aromatic heterocycles. The van der Waals surface area contributed by atoms with Crippen LogP contribution in [0.15, 0.2) is 18.2 Å². The zero-order valence-corrected chi connectivity index (χ0v) is 12.4. The zero-order valence-electron chi connectivity index (χ0n) is 10.8. The third kappa shape index (κ3) is 3.67. The number of fused-ring (bicyclic) bond motifs is 1. The summed E-state index contributed by atoms with van der Waals surface area (Å²) >= 11 is 3.32. The van der Waals surface area contributed by atoms with Gasteiger partial charge in [-0.1, -0.05) is 15.9 Å². The highest BCUT2D eigenvalue weighted by Crippen LogP contribution is 2.18. The molecule has 0 saturated heterocycles. The molecule has 0 amide bonds. The maximum atomic E-state index is 13.1. The maximum absolute atomic E-state index is 13.1. The minimum absolute atomic E-state index is 0.258. The quantitative estimate of drug-likeness (QED) is 0.627. The smallest absolute Gasteiger partial charge is 0.203 e. The fourth-order valence-corrected chi connectivity index (χ4v) is 2.09. The van der Waals surface area contributed by atoms with E-state index in [4.69, 9.17) is 4.74 Å². The highest BCUT2D eigenvalue weighted by Gasteiger charge is 2.10. The van der Waals surface area contributed by atoms with Crippen LogP contribution in [0.25, 0.3) is 11.0 Å². The largest absolute Gasteiger partial charge is 0.379 e. The lowest BCUT2D eigenvalue weighted by atomic mass is 10.3. The molecule has 1 aromatic carbocycles. The van der Waals surface area contributed by atoms with Crippen molar-refractivity contribution in [1.29, 1.82) is 0 Å². The summed E-state index contributed by atoms with van der Waals surface area (Å²) in [6, 6.07) is 4.56. The van der Waals surface area contributed by atoms with Gasteiger partial charge >= 0.3 is 0 Å². The molecule has 0 aliphatic carbocycles. The van der Waals surface area contributed by atoms with Crippen LogP contribution in [0.5, 0.6) is 0 Å². The summed E-state index contributed by atoms with van der Waals surface area (Å²) in [5.41, 5.74) is 1.49. The molecule has 4 nitrogen and oxygen atoms in total. The Hall–Kier alpha value is -1.14. The first-order valence-electron chi connectivity index (χ1n) is 6.28. The van der Waals surface area contributed by atoms with E-state index in [9.17, 15) is 4.39 Å². The van der Waals surface area contributed by atoms with Gasteiger partial charge in [-0.25, -0.2) is 9.37 Å². The second-order valence-corrected chi connectivity index (χ2v) is 4.90. The monoisotopic (exact) mass is 329 g/mol. The Kier molecular flexibility index (Phi) is 5.15. The van der Waals surface area contributed by atoms with E-state index in [2.05, 4.69) is 37.7 Å². The van der Waals surface area contributed by atoms with Crippen molar-refractivity contribution in [2.24, 2.45) is 0 Å². The molecule has 0 saturated carbocycles. The zero-order chi connectivity index (χ0) is 13.7. The average Bonchev–Trinajstić information content (AvgIpc) is 2.81. The number of nitrogens with zero attached hydrogens (tertiary/aromatic N) is 2. The number of alkyl halides is 1. The van der Waals surface area contributed by atoms with Crippen molar-refractivity contribution in [3.63, 3.8) is 0 Å². The van der Waals surface area contributed by atoms with Gasteiger partial charge < -0.3 is 14.6 Å². The summed E-state index contributed by atoms with van der Waals surface area (Å²) < 4.78 is 18.6. The minimum Gasteiger partial charge on any atom is -0.379 e. The van der Waals surface area contributed by atoms with Gasteiger partial charge in [0.1, 0.15) is 5.82 Å². The lowest BCUT2D eigenvalue weighted by molar-refractivity contribution is 0.157. The van der Waals surface area contributed by atoms with Gasteiger partial charge in [-0.3, -0.25) is 0 Å². The highest BCUT2D eigenvalue weighted by molar-refractivity contribution is 9.09. The summed E-state index contributed by atoms with van der Waals surface area (Å²) in [6.45, 7) is 4.97. The molecule has 19 heavy (non-hydrogen) atoms. The molecule has 0 fully saturated rings. The van der Waals surface area contributed by atoms with Crippen molar-refractivity contribution in [2.75, 3.05) is 36.5 Å². The molecule has 0 aliphatic heterocycles. The third-order valence-electron chi connectivity index (χ3n) is 2.84. The first-order chi connectivity index (χ1) is 9.24. The van der Waals surface area contributed by atoms with Crippen molar-refractivity contribution in [3.8, 4) is 0 Å². The molecule has 0 aliphatic rings. The Morgan fingerprint density at radius 2 is 2.26 bits per heavy atom. The normalized spacial score (nSPS) is 11.1. The summed E-state index contributed by atoms with van der Waals surface area (Å²) in [5.74, 6) is 0.497. The van der Waals surface area contributed by atoms with E-state index >= 15 is 0 Å². The summed E-state index contributed by atoms with van der Waals surface area (Å²) in [6.07, 6.45) is 0. The Morgan fingerprint density at radius 1 is 1.42 bits per heavy atom. The van der Waals surface area contributed by atoms with Gasteiger partial charge in [0.05, 0.1) is 24.2 Å². The van der Waals surface area contributed by atoms with Crippen LogP contribution in [-0.4, -0.2) is 41.6 Å². The number of rotatable bonds is 7. The van der Waals surface area contributed by atoms with E-state index in [0.717, 1.165) is 35.4 Å². The molecule has 0 spiro atoms. The molecule has 0 bridgehead atoms. The molecule has 1 heterocycles. The van der Waals surface area contributed by atoms with E-state index in [1.807, 2.05) is 0 Å². The third-order valence-corrected chi connectivity index (χ3v) is 3.16. The van der Waals surface area contributed by atoms with Crippen molar-refractivity contribution in [2.45, 2.75) is 6.92 Å². The van der Waals surface area contributed by atoms with Gasteiger partial charge in [-0.05, 0) is 25.1 Å². The van der Waals surface area contributed by atoms with E-state index in [1.165, 1.54) is 12.1 Å². The Bertz CT molecular complexity index is 532. The van der Waals surface area contributed by atoms with Crippen LogP contribution < -0.4 is 4.90 Å². The van der Waals surface area contributed by atoms with Crippen LogP contribution in [0.4, 0.5) is 10.3 Å². The molecule has 1 N–H and O–H groups in total. The summed E-state index contributed by atoms with van der Waals surface area (Å²) in [4.78, 5) is 9.68. The molecule has 0 atom stereocenters. The number of aromatic amines is 1. The van der Waals surface area contributed by atoms with Crippen LogP contribution in [0.3, 0.4) is 0 Å². The number of likely N-dealkylation sites (N-methyl/N-ethyl adjacent to an activating group) is 1.